The van der Waals surface area contributed by atoms with E-state index in [4.69, 9.17) is 14.2 Å². The molecule has 0 radical (unpaired) electrons. The highest BCUT2D eigenvalue weighted by atomic mass is 16.7. The number of aliphatic hydroxyl groups is 6. The summed E-state index contributed by atoms with van der Waals surface area (Å²) in [5.74, 6) is -1.14. The van der Waals surface area contributed by atoms with Gasteiger partial charge in [-0.15, -0.1) is 0 Å². The zero-order valence-electron chi connectivity index (χ0n) is 15.9. The van der Waals surface area contributed by atoms with E-state index >= 15 is 0 Å². The molecule has 8 N–H and O–H groups in total. The van der Waals surface area contributed by atoms with Crippen LogP contribution in [0, 0.1) is 0 Å². The molecule has 2 amide bonds. The molecule has 2 heterocycles. The molecule has 0 aliphatic carbocycles. The molecule has 0 aromatic carbocycles. The number of ether oxygens (including phenoxy) is 3. The minimum atomic E-state index is -1.64. The number of rotatable bonds is 6. The Hall–Kier alpha value is -1.42. The fourth-order valence-corrected chi connectivity index (χ4v) is 3.38. The molecule has 0 aromatic rings. The van der Waals surface area contributed by atoms with Gasteiger partial charge in [-0.2, -0.15) is 0 Å². The van der Waals surface area contributed by atoms with Gasteiger partial charge in [0.25, 0.3) is 0 Å². The lowest BCUT2D eigenvalue weighted by molar-refractivity contribution is -0.327. The molecule has 2 aliphatic rings. The molecule has 2 fully saturated rings. The Labute approximate surface area is 166 Å². The minimum absolute atomic E-state index is 0.568. The van der Waals surface area contributed by atoms with Gasteiger partial charge in [-0.25, -0.2) is 0 Å². The van der Waals surface area contributed by atoms with Crippen molar-refractivity contribution >= 4 is 11.8 Å². The van der Waals surface area contributed by atoms with E-state index < -0.39 is 86.3 Å². The fraction of sp³-hybridized carbons (Fsp3) is 0.875. The lowest BCUT2D eigenvalue weighted by atomic mass is 9.94. The molecule has 2 saturated heterocycles. The van der Waals surface area contributed by atoms with Crippen molar-refractivity contribution in [3.8, 4) is 0 Å². The van der Waals surface area contributed by atoms with E-state index in [1.807, 2.05) is 0 Å². The van der Waals surface area contributed by atoms with E-state index in [-0.39, 0.29) is 0 Å². The maximum atomic E-state index is 11.5. The third-order valence-corrected chi connectivity index (χ3v) is 4.78. The van der Waals surface area contributed by atoms with Crippen molar-refractivity contribution in [2.24, 2.45) is 0 Å². The van der Waals surface area contributed by atoms with E-state index in [0.717, 1.165) is 13.8 Å². The topological polar surface area (TPSA) is 207 Å². The molecule has 1 unspecified atom stereocenters. The Balaban J connectivity index is 2.26. The van der Waals surface area contributed by atoms with Crippen LogP contribution < -0.4 is 10.6 Å². The van der Waals surface area contributed by atoms with Crippen molar-refractivity contribution in [2.75, 3.05) is 13.2 Å². The molecule has 29 heavy (non-hydrogen) atoms. The highest BCUT2D eigenvalue weighted by Gasteiger charge is 2.51. The summed E-state index contributed by atoms with van der Waals surface area (Å²) in [5.41, 5.74) is 0. The molecular weight excluding hydrogens is 396 g/mol. The van der Waals surface area contributed by atoms with E-state index in [1.54, 1.807) is 0 Å². The SMILES string of the molecule is CC(=O)N[C@H]1[C@@H](O[C@@H]2[C@H](O)[C@@H](NC(C)=O)C(O)O[C@@H]2CO)O[C@H](CO)[C@H](O)[C@@H]1O. The van der Waals surface area contributed by atoms with Gasteiger partial charge in [0.05, 0.1) is 13.2 Å². The number of carbonyl (C=O) groups is 2. The molecule has 13 nitrogen and oxygen atoms in total. The zero-order valence-corrected chi connectivity index (χ0v) is 15.9. The van der Waals surface area contributed by atoms with E-state index in [2.05, 4.69) is 10.6 Å². The van der Waals surface area contributed by atoms with E-state index in [0.29, 0.717) is 0 Å². The summed E-state index contributed by atoms with van der Waals surface area (Å²) < 4.78 is 16.3. The van der Waals surface area contributed by atoms with Gasteiger partial charge in [-0.1, -0.05) is 0 Å². The summed E-state index contributed by atoms with van der Waals surface area (Å²) in [6.07, 6.45) is -11.7. The quantitative estimate of drug-likeness (QED) is 0.202. The van der Waals surface area contributed by atoms with E-state index in [1.165, 1.54) is 0 Å². The van der Waals surface area contributed by atoms with E-state index in [9.17, 15) is 40.2 Å². The second-order valence-corrected chi connectivity index (χ2v) is 7.00. The average molecular weight is 424 g/mol. The maximum absolute atomic E-state index is 11.5. The largest absolute Gasteiger partial charge is 0.394 e. The van der Waals surface area contributed by atoms with Gasteiger partial charge in [-0.3, -0.25) is 9.59 Å². The van der Waals surface area contributed by atoms with Gasteiger partial charge in [0.15, 0.2) is 12.6 Å². The standard InChI is InChI=1S/C16H28N2O11/c1-5(21)17-9-13(25)14(8(4-20)27-15(9)26)29-16-10(18-6(2)22)12(24)11(23)7(3-19)28-16/h7-16,19-20,23-26H,3-4H2,1-2H3,(H,17,21)(H,18,22)/t7-,8-,9-,10-,11+,12-,13-,14+,15?,16-/m1/s1. The Bertz CT molecular complexity index is 579. The number of hydrogen-bond acceptors (Lipinski definition) is 11. The van der Waals surface area contributed by atoms with Crippen LogP contribution in [-0.4, -0.2) is 117 Å². The summed E-state index contributed by atoms with van der Waals surface area (Å²) in [7, 11) is 0. The van der Waals surface area contributed by atoms with Crippen LogP contribution in [0.4, 0.5) is 0 Å². The predicted molar refractivity (Wildman–Crippen MR) is 91.8 cm³/mol. The van der Waals surface area contributed by atoms with Crippen molar-refractivity contribution in [2.45, 2.75) is 75.1 Å². The van der Waals surface area contributed by atoms with Crippen molar-refractivity contribution in [3.63, 3.8) is 0 Å². The Morgan fingerprint density at radius 2 is 1.38 bits per heavy atom. The van der Waals surface area contributed by atoms with Gasteiger partial charge in [0.1, 0.15) is 48.7 Å². The lowest BCUT2D eigenvalue weighted by Crippen LogP contribution is -2.69. The fourth-order valence-electron chi connectivity index (χ4n) is 3.38. The monoisotopic (exact) mass is 424 g/mol. The van der Waals surface area contributed by atoms with Crippen LogP contribution >= 0.6 is 0 Å². The number of hydrogen-bond donors (Lipinski definition) is 8. The first kappa shape index (κ1) is 23.9. The third kappa shape index (κ3) is 5.39. The van der Waals surface area contributed by atoms with Crippen LogP contribution in [0.3, 0.4) is 0 Å². The normalized spacial score (nSPS) is 42.9. The zero-order chi connectivity index (χ0) is 21.9. The van der Waals surface area contributed by atoms with Crippen molar-refractivity contribution in [3.05, 3.63) is 0 Å². The summed E-state index contributed by atoms with van der Waals surface area (Å²) in [6, 6.07) is -2.59. The Morgan fingerprint density at radius 3 is 1.90 bits per heavy atom. The van der Waals surface area contributed by atoms with Crippen molar-refractivity contribution in [1.29, 1.82) is 0 Å². The third-order valence-electron chi connectivity index (χ3n) is 4.78. The molecule has 13 heteroatoms. The minimum Gasteiger partial charge on any atom is -0.394 e. The molecule has 168 valence electrons. The van der Waals surface area contributed by atoms with Crippen molar-refractivity contribution < 1.29 is 54.4 Å². The van der Waals surface area contributed by atoms with Gasteiger partial charge >= 0.3 is 0 Å². The first-order valence-corrected chi connectivity index (χ1v) is 9.05. The summed E-state index contributed by atoms with van der Waals surface area (Å²) in [4.78, 5) is 22.8. The predicted octanol–water partition coefficient (Wildman–Crippen LogP) is -5.11. The molecule has 2 rings (SSSR count). The molecular formula is C16H28N2O11. The van der Waals surface area contributed by atoms with Gasteiger partial charge in [-0.05, 0) is 0 Å². The number of aliphatic hydroxyl groups excluding tert-OH is 6. The van der Waals surface area contributed by atoms with Gasteiger partial charge in [0.2, 0.25) is 11.8 Å². The van der Waals surface area contributed by atoms with Crippen LogP contribution in [0.1, 0.15) is 13.8 Å². The molecule has 2 aliphatic heterocycles. The van der Waals surface area contributed by atoms with Gasteiger partial charge < -0.3 is 55.5 Å². The molecule has 0 aromatic heterocycles. The first-order valence-electron chi connectivity index (χ1n) is 9.05. The smallest absolute Gasteiger partial charge is 0.217 e. The summed E-state index contributed by atoms with van der Waals surface area (Å²) in [5, 5.41) is 64.5. The highest BCUT2D eigenvalue weighted by molar-refractivity contribution is 5.73. The molecule has 0 saturated carbocycles. The first-order chi connectivity index (χ1) is 13.6. The average Bonchev–Trinajstić information content (AvgIpc) is 2.65. The number of amides is 2. The van der Waals surface area contributed by atoms with Gasteiger partial charge in [0, 0.05) is 13.8 Å². The van der Waals surface area contributed by atoms with Crippen LogP contribution in [0.25, 0.3) is 0 Å². The van der Waals surface area contributed by atoms with Crippen LogP contribution in [0.5, 0.6) is 0 Å². The van der Waals surface area contributed by atoms with Crippen molar-refractivity contribution in [1.82, 2.24) is 10.6 Å². The highest BCUT2D eigenvalue weighted by Crippen LogP contribution is 2.28. The molecule has 0 spiro atoms. The Morgan fingerprint density at radius 1 is 0.828 bits per heavy atom. The second-order valence-electron chi connectivity index (χ2n) is 7.00. The maximum Gasteiger partial charge on any atom is 0.217 e. The van der Waals surface area contributed by atoms with Crippen LogP contribution in [0.2, 0.25) is 0 Å². The van der Waals surface area contributed by atoms with Crippen LogP contribution in [-0.2, 0) is 23.8 Å². The second kappa shape index (κ2) is 10.1. The van der Waals surface area contributed by atoms with Crippen LogP contribution in [0.15, 0.2) is 0 Å². The lowest BCUT2D eigenvalue weighted by Gasteiger charge is -2.47. The number of nitrogens with one attached hydrogen (secondary N) is 2. The molecule has 0 bridgehead atoms. The number of carbonyl (C=O) groups excluding carboxylic acids is 2. The molecule has 10 atom stereocenters. The summed E-state index contributed by atoms with van der Waals surface area (Å²) >= 11 is 0. The Kier molecular flexibility index (Phi) is 8.28. The summed E-state index contributed by atoms with van der Waals surface area (Å²) in [6.45, 7) is 0.962.